The fourth-order valence-corrected chi connectivity index (χ4v) is 5.21. The second-order valence-corrected chi connectivity index (χ2v) is 9.61. The molecule has 0 amide bonds. The molecule has 0 fully saturated rings. The van der Waals surface area contributed by atoms with Gasteiger partial charge in [-0.2, -0.15) is 0 Å². The highest BCUT2D eigenvalue weighted by Gasteiger charge is 2.28. The first-order valence-corrected chi connectivity index (χ1v) is 12.2. The van der Waals surface area contributed by atoms with Gasteiger partial charge in [-0.15, -0.1) is 0 Å². The van der Waals surface area contributed by atoms with Crippen molar-refractivity contribution in [1.82, 2.24) is 9.13 Å². The number of carbonyl (C=O) groups is 1. The summed E-state index contributed by atoms with van der Waals surface area (Å²) >= 11 is 0. The Kier molecular flexibility index (Phi) is 6.44. The quantitative estimate of drug-likeness (QED) is 0.343. The fraction of sp³-hybridized carbons (Fsp3) is 0.250. The average Bonchev–Trinajstić information content (AvgIpc) is 3.42. The van der Waals surface area contributed by atoms with Crippen LogP contribution in [-0.4, -0.2) is 37.2 Å². The van der Waals surface area contributed by atoms with Crippen molar-refractivity contribution in [3.63, 3.8) is 0 Å². The molecule has 2 aromatic heterocycles. The molecule has 0 saturated heterocycles. The van der Waals surface area contributed by atoms with Gasteiger partial charge in [-0.05, 0) is 61.5 Å². The third kappa shape index (κ3) is 4.42. The van der Waals surface area contributed by atoms with Crippen LogP contribution in [0.1, 0.15) is 23.2 Å². The highest BCUT2D eigenvalue weighted by atomic mass is 32.2. The van der Waals surface area contributed by atoms with Crippen LogP contribution in [0.15, 0.2) is 68.7 Å². The summed E-state index contributed by atoms with van der Waals surface area (Å²) in [6.45, 7) is 1.69. The van der Waals surface area contributed by atoms with Crippen LogP contribution in [0.5, 0.6) is 5.75 Å². The molecule has 0 aliphatic heterocycles. The molecule has 0 aliphatic rings. The zero-order chi connectivity index (χ0) is 25.3. The summed E-state index contributed by atoms with van der Waals surface area (Å²) in [6.07, 6.45) is 0. The summed E-state index contributed by atoms with van der Waals surface area (Å²) in [4.78, 5) is 24.3. The number of carbonyl (C=O) groups excluding carboxylic acids is 1. The van der Waals surface area contributed by atoms with Gasteiger partial charge >= 0.3 is 11.7 Å². The van der Waals surface area contributed by atoms with Crippen molar-refractivity contribution in [3.05, 3.63) is 76.6 Å². The zero-order valence-corrected chi connectivity index (χ0v) is 20.5. The number of methoxy groups -OCH3 is 1. The summed E-state index contributed by atoms with van der Waals surface area (Å²) in [5.41, 5.74) is 1.19. The second kappa shape index (κ2) is 9.34. The maximum absolute atomic E-state index is 13.8. The van der Waals surface area contributed by atoms with Crippen LogP contribution in [-0.2, 0) is 35.4 Å². The summed E-state index contributed by atoms with van der Waals surface area (Å²) in [6, 6.07) is 14.0. The van der Waals surface area contributed by atoms with E-state index in [1.54, 1.807) is 51.4 Å². The largest absolute Gasteiger partial charge is 0.497 e. The average molecular weight is 500 g/mol. The van der Waals surface area contributed by atoms with Crippen LogP contribution in [0.3, 0.4) is 0 Å². The monoisotopic (exact) mass is 499 g/mol. The molecule has 0 saturated carbocycles. The molecule has 0 radical (unpaired) electrons. The van der Waals surface area contributed by atoms with E-state index in [0.29, 0.717) is 22.5 Å². The number of rotatable bonds is 8. The van der Waals surface area contributed by atoms with Crippen molar-refractivity contribution >= 4 is 32.7 Å². The van der Waals surface area contributed by atoms with Gasteiger partial charge in [0.15, 0.2) is 0 Å². The number of imidazole rings is 1. The second-order valence-electron chi connectivity index (χ2n) is 7.75. The molecule has 0 aliphatic carbocycles. The number of ether oxygens (including phenoxy) is 2. The molecule has 0 spiro atoms. The van der Waals surface area contributed by atoms with Gasteiger partial charge in [0.05, 0.1) is 41.9 Å². The number of anilines is 1. The van der Waals surface area contributed by atoms with E-state index in [1.165, 1.54) is 44.8 Å². The minimum Gasteiger partial charge on any atom is -0.497 e. The van der Waals surface area contributed by atoms with Gasteiger partial charge in [-0.3, -0.25) is 13.4 Å². The van der Waals surface area contributed by atoms with E-state index in [-0.39, 0.29) is 35.3 Å². The highest BCUT2D eigenvalue weighted by molar-refractivity contribution is 7.92. The Morgan fingerprint density at radius 3 is 2.34 bits per heavy atom. The first kappa shape index (κ1) is 24.1. The molecule has 4 rings (SSSR count). The maximum Gasteiger partial charge on any atom is 0.374 e. The van der Waals surface area contributed by atoms with E-state index in [0.717, 1.165) is 0 Å². The van der Waals surface area contributed by atoms with Crippen LogP contribution in [0.25, 0.3) is 11.0 Å². The van der Waals surface area contributed by atoms with E-state index in [9.17, 15) is 18.0 Å². The highest BCUT2D eigenvalue weighted by Crippen LogP contribution is 2.29. The van der Waals surface area contributed by atoms with Crippen molar-refractivity contribution < 1.29 is 27.1 Å². The Balaban J connectivity index is 1.79. The van der Waals surface area contributed by atoms with E-state index in [1.807, 2.05) is 0 Å². The number of benzene rings is 2. The molecule has 184 valence electrons. The Morgan fingerprint density at radius 1 is 1.00 bits per heavy atom. The number of esters is 1. The lowest BCUT2D eigenvalue weighted by Gasteiger charge is -2.24. The number of aromatic nitrogens is 2. The van der Waals surface area contributed by atoms with Crippen molar-refractivity contribution in [1.29, 1.82) is 0 Å². The van der Waals surface area contributed by atoms with Crippen LogP contribution in [0.4, 0.5) is 5.69 Å². The lowest BCUT2D eigenvalue weighted by atomic mass is 10.3. The van der Waals surface area contributed by atoms with Gasteiger partial charge in [-0.25, -0.2) is 18.0 Å². The minimum absolute atomic E-state index is 0.000750. The normalized spacial score (nSPS) is 11.5. The number of fused-ring (bicyclic) bond motifs is 1. The fourth-order valence-electron chi connectivity index (χ4n) is 3.75. The predicted octanol–water partition coefficient (Wildman–Crippen LogP) is 3.05. The standard InChI is InChI=1S/C24H25N3O7S/c1-5-33-23(28)22-13-10-18(34-22)15-27(16-6-8-17(32-4)9-7-16)35(30,31)19-11-12-20-21(14-19)26(3)24(29)25(20)2/h6-14H,5,15H2,1-4H3. The number of hydrogen-bond acceptors (Lipinski definition) is 7. The Labute approximate surface area is 201 Å². The molecule has 2 heterocycles. The van der Waals surface area contributed by atoms with E-state index < -0.39 is 16.0 Å². The van der Waals surface area contributed by atoms with E-state index in [2.05, 4.69) is 0 Å². The van der Waals surface area contributed by atoms with E-state index >= 15 is 0 Å². The lowest BCUT2D eigenvalue weighted by molar-refractivity contribution is 0.0488. The first-order chi connectivity index (χ1) is 16.7. The topological polar surface area (TPSA) is 113 Å². The molecule has 0 unspecified atom stereocenters. The number of hydrogen-bond donors (Lipinski definition) is 0. The Hall–Kier alpha value is -3.99. The van der Waals surface area contributed by atoms with Gasteiger partial charge in [0.25, 0.3) is 10.0 Å². The first-order valence-electron chi connectivity index (χ1n) is 10.8. The number of aryl methyl sites for hydroxylation is 2. The SMILES string of the molecule is CCOC(=O)c1ccc(CN(c2ccc(OC)cc2)S(=O)(=O)c2ccc3c(c2)n(C)c(=O)n3C)o1. The van der Waals surface area contributed by atoms with Gasteiger partial charge in [0.1, 0.15) is 11.5 Å². The Bertz CT molecular complexity index is 1550. The van der Waals surface area contributed by atoms with Crippen molar-refractivity contribution in [3.8, 4) is 5.75 Å². The van der Waals surface area contributed by atoms with E-state index in [4.69, 9.17) is 13.9 Å². The summed E-state index contributed by atoms with van der Waals surface area (Å²) in [5, 5.41) is 0. The lowest BCUT2D eigenvalue weighted by Crippen LogP contribution is -2.30. The maximum atomic E-state index is 13.8. The third-order valence-electron chi connectivity index (χ3n) is 5.63. The molecule has 0 bridgehead atoms. The van der Waals surface area contributed by atoms with Crippen molar-refractivity contribution in [2.24, 2.45) is 14.1 Å². The van der Waals surface area contributed by atoms with Gasteiger partial charge in [-0.1, -0.05) is 0 Å². The number of nitrogens with zero attached hydrogens (tertiary/aromatic N) is 3. The predicted molar refractivity (Wildman–Crippen MR) is 129 cm³/mol. The molecular formula is C24H25N3O7S. The minimum atomic E-state index is -4.11. The molecule has 4 aromatic rings. The smallest absolute Gasteiger partial charge is 0.374 e. The number of furan rings is 1. The Morgan fingerprint density at radius 2 is 1.69 bits per heavy atom. The van der Waals surface area contributed by atoms with Crippen LogP contribution < -0.4 is 14.7 Å². The van der Waals surface area contributed by atoms with Crippen molar-refractivity contribution in [2.45, 2.75) is 18.4 Å². The van der Waals surface area contributed by atoms with Gasteiger partial charge in [0, 0.05) is 14.1 Å². The molecule has 10 nitrogen and oxygen atoms in total. The van der Waals surface area contributed by atoms with Gasteiger partial charge < -0.3 is 13.9 Å². The summed E-state index contributed by atoms with van der Waals surface area (Å²) in [5.74, 6) is 0.165. The van der Waals surface area contributed by atoms with Crippen molar-refractivity contribution in [2.75, 3.05) is 18.0 Å². The molecule has 0 N–H and O–H groups in total. The molecular weight excluding hydrogens is 474 g/mol. The van der Waals surface area contributed by atoms with Crippen LogP contribution in [0.2, 0.25) is 0 Å². The molecule has 0 atom stereocenters. The number of sulfonamides is 1. The third-order valence-corrected chi connectivity index (χ3v) is 7.40. The summed E-state index contributed by atoms with van der Waals surface area (Å²) in [7, 11) is 0.614. The van der Waals surface area contributed by atoms with Crippen LogP contribution >= 0.6 is 0 Å². The molecule has 35 heavy (non-hydrogen) atoms. The van der Waals surface area contributed by atoms with Gasteiger partial charge in [0.2, 0.25) is 5.76 Å². The summed E-state index contributed by atoms with van der Waals surface area (Å²) < 4.78 is 47.4. The molecule has 11 heteroatoms. The zero-order valence-electron chi connectivity index (χ0n) is 19.7. The molecule has 2 aromatic carbocycles. The van der Waals surface area contributed by atoms with Crippen LogP contribution in [0, 0.1) is 0 Å².